The number of nitrogens with zero attached hydrogens (tertiary/aromatic N) is 2. The molecular weight excluding hydrogens is 428 g/mol. The molecule has 2 aromatic rings. The van der Waals surface area contributed by atoms with Crippen molar-refractivity contribution in [1.29, 1.82) is 0 Å². The molecule has 1 atom stereocenters. The fourth-order valence-corrected chi connectivity index (χ4v) is 5.16. The molecule has 2 aliphatic rings. The van der Waals surface area contributed by atoms with Gasteiger partial charge in [-0.25, -0.2) is 0 Å². The van der Waals surface area contributed by atoms with Crippen LogP contribution in [0.3, 0.4) is 0 Å². The van der Waals surface area contributed by atoms with E-state index in [2.05, 4.69) is 60.9 Å². The predicted molar refractivity (Wildman–Crippen MR) is 136 cm³/mol. The minimum atomic E-state index is -1.13. The van der Waals surface area contributed by atoms with Crippen LogP contribution in [0.5, 0.6) is 5.75 Å². The lowest BCUT2D eigenvalue weighted by atomic mass is 9.90. The highest BCUT2D eigenvalue weighted by Crippen LogP contribution is 2.29. The van der Waals surface area contributed by atoms with E-state index >= 15 is 0 Å². The third kappa shape index (κ3) is 6.11. The maximum Gasteiger partial charge on any atom is 0.134 e. The molecule has 2 aromatic carbocycles. The summed E-state index contributed by atoms with van der Waals surface area (Å²) in [5.74, 6) is 0.809. The number of piperidine rings is 1. The van der Waals surface area contributed by atoms with Gasteiger partial charge in [0, 0.05) is 38.4 Å². The van der Waals surface area contributed by atoms with E-state index in [1.807, 2.05) is 13.0 Å². The zero-order valence-corrected chi connectivity index (χ0v) is 21.1. The summed E-state index contributed by atoms with van der Waals surface area (Å²) < 4.78 is 11.9. The van der Waals surface area contributed by atoms with Crippen LogP contribution >= 0.6 is 0 Å². The van der Waals surface area contributed by atoms with Crippen LogP contribution in [0.2, 0.25) is 0 Å². The molecule has 2 heterocycles. The Morgan fingerprint density at radius 3 is 2.44 bits per heavy atom. The Morgan fingerprint density at radius 2 is 1.71 bits per heavy atom. The summed E-state index contributed by atoms with van der Waals surface area (Å²) in [7, 11) is 0. The Hall–Kier alpha value is -2.12. The Labute approximate surface area is 204 Å². The lowest BCUT2D eigenvalue weighted by Crippen LogP contribution is -2.55. The van der Waals surface area contributed by atoms with Gasteiger partial charge >= 0.3 is 0 Å². The summed E-state index contributed by atoms with van der Waals surface area (Å²) in [5.41, 5.74) is 3.99. The minimum absolute atomic E-state index is 0.160. The SMILES string of the molecule is Cc1cccc(N2CCC(O)(CN3CCOC[C@](O)(COc4cc(C)cc(C)c4C)C3)CC2)c1. The summed E-state index contributed by atoms with van der Waals surface area (Å²) in [6.07, 6.45) is 1.41. The zero-order chi connectivity index (χ0) is 24.3. The van der Waals surface area contributed by atoms with Crippen molar-refractivity contribution in [2.45, 2.75) is 51.7 Å². The number of anilines is 1. The number of aliphatic hydroxyl groups is 2. The zero-order valence-electron chi connectivity index (χ0n) is 21.1. The molecule has 4 rings (SSSR count). The normalized spacial score (nSPS) is 23.5. The lowest BCUT2D eigenvalue weighted by molar-refractivity contribution is -0.0743. The van der Waals surface area contributed by atoms with E-state index in [0.29, 0.717) is 39.1 Å². The molecule has 0 bridgehead atoms. The summed E-state index contributed by atoms with van der Waals surface area (Å²) in [6.45, 7) is 12.5. The smallest absolute Gasteiger partial charge is 0.134 e. The second-order valence-corrected chi connectivity index (χ2v) is 10.5. The van der Waals surface area contributed by atoms with Crippen molar-refractivity contribution < 1.29 is 19.7 Å². The summed E-state index contributed by atoms with van der Waals surface area (Å²) in [4.78, 5) is 4.50. The van der Waals surface area contributed by atoms with Crippen LogP contribution in [0.4, 0.5) is 5.69 Å². The molecule has 6 heteroatoms. The number of hydrogen-bond donors (Lipinski definition) is 2. The van der Waals surface area contributed by atoms with Crippen molar-refractivity contribution in [2.75, 3.05) is 57.4 Å². The van der Waals surface area contributed by atoms with Crippen molar-refractivity contribution in [1.82, 2.24) is 4.90 Å². The van der Waals surface area contributed by atoms with Crippen LogP contribution in [0.15, 0.2) is 36.4 Å². The maximum atomic E-state index is 11.4. The highest BCUT2D eigenvalue weighted by atomic mass is 16.5. The van der Waals surface area contributed by atoms with Crippen LogP contribution in [0, 0.1) is 27.7 Å². The largest absolute Gasteiger partial charge is 0.490 e. The molecule has 0 aliphatic carbocycles. The van der Waals surface area contributed by atoms with Gasteiger partial charge in [0.1, 0.15) is 18.0 Å². The van der Waals surface area contributed by atoms with Gasteiger partial charge in [-0.3, -0.25) is 4.90 Å². The van der Waals surface area contributed by atoms with Gasteiger partial charge in [0.25, 0.3) is 0 Å². The average Bonchev–Trinajstić information content (AvgIpc) is 2.96. The summed E-state index contributed by atoms with van der Waals surface area (Å²) >= 11 is 0. The molecule has 0 unspecified atom stereocenters. The first kappa shape index (κ1) is 25.0. The standard InChI is InChI=1S/C28H40N2O4/c1-21-6-5-7-25(15-21)30-10-8-27(31,9-11-30)17-29-12-13-33-19-28(32,18-29)20-34-26-16-22(2)14-23(3)24(26)4/h5-7,14-16,31-32H,8-13,17-20H2,1-4H3/t28-/m0/s1. The van der Waals surface area contributed by atoms with E-state index in [-0.39, 0.29) is 13.2 Å². The molecule has 2 aliphatic heterocycles. The van der Waals surface area contributed by atoms with Crippen LogP contribution in [-0.4, -0.2) is 78.9 Å². The number of β-amino-alcohol motifs (C(OH)–C–C–N with tert-alkyl or cyclic N) is 2. The second kappa shape index (κ2) is 10.2. The molecule has 186 valence electrons. The highest BCUT2D eigenvalue weighted by molar-refractivity contribution is 5.49. The minimum Gasteiger partial charge on any atom is -0.490 e. The Morgan fingerprint density at radius 1 is 0.941 bits per heavy atom. The number of rotatable bonds is 6. The molecule has 0 aromatic heterocycles. The molecule has 34 heavy (non-hydrogen) atoms. The van der Waals surface area contributed by atoms with Crippen LogP contribution in [0.25, 0.3) is 0 Å². The van der Waals surface area contributed by atoms with E-state index in [9.17, 15) is 10.2 Å². The third-order valence-electron chi connectivity index (χ3n) is 7.28. The molecule has 2 saturated heterocycles. The van der Waals surface area contributed by atoms with Gasteiger partial charge in [0.05, 0.1) is 18.8 Å². The van der Waals surface area contributed by atoms with Gasteiger partial charge in [0.2, 0.25) is 0 Å². The van der Waals surface area contributed by atoms with Gasteiger partial charge < -0.3 is 24.6 Å². The van der Waals surface area contributed by atoms with Gasteiger partial charge in [-0.2, -0.15) is 0 Å². The monoisotopic (exact) mass is 468 g/mol. The van der Waals surface area contributed by atoms with Crippen molar-refractivity contribution in [3.8, 4) is 5.75 Å². The van der Waals surface area contributed by atoms with Crippen molar-refractivity contribution in [3.63, 3.8) is 0 Å². The fourth-order valence-electron chi connectivity index (χ4n) is 5.16. The Bertz CT molecular complexity index is 986. The first-order chi connectivity index (χ1) is 16.1. The van der Waals surface area contributed by atoms with Crippen LogP contribution < -0.4 is 9.64 Å². The molecule has 6 nitrogen and oxygen atoms in total. The molecule has 0 saturated carbocycles. The lowest BCUT2D eigenvalue weighted by Gasteiger charge is -2.42. The maximum absolute atomic E-state index is 11.4. The van der Waals surface area contributed by atoms with E-state index in [0.717, 1.165) is 30.0 Å². The Kier molecular flexibility index (Phi) is 7.53. The second-order valence-electron chi connectivity index (χ2n) is 10.5. The Balaban J connectivity index is 1.36. The first-order valence-electron chi connectivity index (χ1n) is 12.4. The van der Waals surface area contributed by atoms with Gasteiger partial charge in [0.15, 0.2) is 0 Å². The van der Waals surface area contributed by atoms with Gasteiger partial charge in [-0.1, -0.05) is 18.2 Å². The van der Waals surface area contributed by atoms with E-state index < -0.39 is 11.2 Å². The van der Waals surface area contributed by atoms with Crippen LogP contribution in [0.1, 0.15) is 35.1 Å². The van der Waals surface area contributed by atoms with Gasteiger partial charge in [-0.15, -0.1) is 0 Å². The number of hydrogen-bond acceptors (Lipinski definition) is 6. The summed E-state index contributed by atoms with van der Waals surface area (Å²) in [5, 5.41) is 22.7. The predicted octanol–water partition coefficient (Wildman–Crippen LogP) is 3.39. The van der Waals surface area contributed by atoms with Crippen molar-refractivity contribution in [3.05, 3.63) is 58.7 Å². The topological polar surface area (TPSA) is 65.4 Å². The van der Waals surface area contributed by atoms with Crippen molar-refractivity contribution >= 4 is 5.69 Å². The third-order valence-corrected chi connectivity index (χ3v) is 7.28. The first-order valence-corrected chi connectivity index (χ1v) is 12.4. The summed E-state index contributed by atoms with van der Waals surface area (Å²) in [6, 6.07) is 12.7. The number of aryl methyl sites for hydroxylation is 3. The van der Waals surface area contributed by atoms with Crippen LogP contribution in [-0.2, 0) is 4.74 Å². The van der Waals surface area contributed by atoms with E-state index in [1.165, 1.54) is 16.8 Å². The quantitative estimate of drug-likeness (QED) is 0.678. The number of benzene rings is 2. The fraction of sp³-hybridized carbons (Fsp3) is 0.571. The highest BCUT2D eigenvalue weighted by Gasteiger charge is 2.39. The van der Waals surface area contributed by atoms with E-state index in [4.69, 9.17) is 9.47 Å². The molecule has 0 amide bonds. The van der Waals surface area contributed by atoms with Gasteiger partial charge in [-0.05, 0) is 81.0 Å². The number of ether oxygens (including phenoxy) is 2. The average molecular weight is 469 g/mol. The molecule has 0 spiro atoms. The van der Waals surface area contributed by atoms with Crippen molar-refractivity contribution in [2.24, 2.45) is 0 Å². The molecule has 0 radical (unpaired) electrons. The van der Waals surface area contributed by atoms with E-state index in [1.54, 1.807) is 0 Å². The molecule has 2 N–H and O–H groups in total. The molecule has 2 fully saturated rings. The molecular formula is C28H40N2O4.